The number of amides is 1. The molecule has 4 aromatic rings. The molecule has 33 heavy (non-hydrogen) atoms. The van der Waals surface area contributed by atoms with E-state index in [4.69, 9.17) is 35.4 Å². The van der Waals surface area contributed by atoms with Crippen LogP contribution in [0.1, 0.15) is 11.1 Å². The number of halogens is 3. The fourth-order valence-corrected chi connectivity index (χ4v) is 5.87. The first-order valence-electron chi connectivity index (χ1n) is 9.96. The van der Waals surface area contributed by atoms with Gasteiger partial charge in [0.1, 0.15) is 0 Å². The van der Waals surface area contributed by atoms with Crippen molar-refractivity contribution in [3.63, 3.8) is 0 Å². The third-order valence-electron chi connectivity index (χ3n) is 5.37. The fraction of sp³-hybridized carbons (Fsp3) is 0.0400. The van der Waals surface area contributed by atoms with Gasteiger partial charge < -0.3 is 4.57 Å². The van der Waals surface area contributed by atoms with Gasteiger partial charge in [0.2, 0.25) is 0 Å². The van der Waals surface area contributed by atoms with Crippen molar-refractivity contribution in [3.05, 3.63) is 103 Å². The molecule has 3 nitrogen and oxygen atoms in total. The van der Waals surface area contributed by atoms with Crippen molar-refractivity contribution >= 4 is 96.0 Å². The lowest BCUT2D eigenvalue weighted by atomic mass is 10.1. The SMILES string of the molecule is O=C1/C(=C/c2cn(Cc3c(Cl)cccc3Cl)c3ccccc23)SC(=S)N1c1ccc(Br)cc1. The van der Waals surface area contributed by atoms with E-state index in [1.54, 1.807) is 4.90 Å². The summed E-state index contributed by atoms with van der Waals surface area (Å²) in [6.45, 7) is 0.521. The highest BCUT2D eigenvalue weighted by Gasteiger charge is 2.33. The van der Waals surface area contributed by atoms with Gasteiger partial charge in [-0.1, -0.05) is 87.4 Å². The van der Waals surface area contributed by atoms with Gasteiger partial charge in [-0.15, -0.1) is 0 Å². The number of carbonyl (C=O) groups is 1. The molecule has 0 bridgehead atoms. The highest BCUT2D eigenvalue weighted by Crippen LogP contribution is 2.38. The van der Waals surface area contributed by atoms with E-state index in [-0.39, 0.29) is 5.91 Å². The molecular formula is C25H15BrCl2N2OS2. The van der Waals surface area contributed by atoms with Gasteiger partial charge in [0.25, 0.3) is 5.91 Å². The maximum Gasteiger partial charge on any atom is 0.270 e. The van der Waals surface area contributed by atoms with Crippen molar-refractivity contribution in [1.29, 1.82) is 0 Å². The standard InChI is InChI=1S/C25H15BrCl2N2OS2/c26-16-8-10-17(11-9-16)30-24(31)23(33-25(30)32)12-15-13-29(22-7-2-1-4-18(15)22)14-19-20(27)5-3-6-21(19)28/h1-13H,14H2/b23-12-. The molecule has 0 radical (unpaired) electrons. The summed E-state index contributed by atoms with van der Waals surface area (Å²) in [4.78, 5) is 15.4. The largest absolute Gasteiger partial charge is 0.342 e. The first kappa shape index (κ1) is 22.7. The van der Waals surface area contributed by atoms with Crippen LogP contribution < -0.4 is 4.90 Å². The number of carbonyl (C=O) groups excluding carboxylic acids is 1. The second-order valence-corrected chi connectivity index (χ2v) is 10.8. The fourth-order valence-electron chi connectivity index (χ4n) is 3.80. The number of thioether (sulfide) groups is 1. The van der Waals surface area contributed by atoms with Crippen LogP contribution in [0.15, 0.2) is 82.3 Å². The Labute approximate surface area is 219 Å². The summed E-state index contributed by atoms with van der Waals surface area (Å²) in [7, 11) is 0. The molecule has 0 N–H and O–H groups in total. The van der Waals surface area contributed by atoms with Crippen LogP contribution in [0.25, 0.3) is 17.0 Å². The summed E-state index contributed by atoms with van der Waals surface area (Å²) in [6.07, 6.45) is 3.93. The molecular weight excluding hydrogens is 559 g/mol. The van der Waals surface area contributed by atoms with Gasteiger partial charge in [-0.2, -0.15) is 0 Å². The Balaban J connectivity index is 1.54. The molecule has 0 atom stereocenters. The van der Waals surface area contributed by atoms with Crippen molar-refractivity contribution < 1.29 is 4.79 Å². The van der Waals surface area contributed by atoms with Crippen molar-refractivity contribution in [2.24, 2.45) is 0 Å². The summed E-state index contributed by atoms with van der Waals surface area (Å²) in [5.74, 6) is -0.127. The highest BCUT2D eigenvalue weighted by atomic mass is 79.9. The molecule has 2 heterocycles. The Morgan fingerprint density at radius 1 is 0.970 bits per heavy atom. The van der Waals surface area contributed by atoms with Gasteiger partial charge in [-0.3, -0.25) is 9.69 Å². The maximum absolute atomic E-state index is 13.2. The Hall–Kier alpha value is -2.09. The highest BCUT2D eigenvalue weighted by molar-refractivity contribution is 9.10. The molecule has 3 aromatic carbocycles. The molecule has 0 saturated carbocycles. The summed E-state index contributed by atoms with van der Waals surface area (Å²) < 4.78 is 3.56. The number of thiocarbonyl (C=S) groups is 1. The monoisotopic (exact) mass is 572 g/mol. The number of rotatable bonds is 4. The molecule has 1 saturated heterocycles. The van der Waals surface area contributed by atoms with Crippen LogP contribution in [0.3, 0.4) is 0 Å². The second-order valence-electron chi connectivity index (χ2n) is 7.42. The lowest BCUT2D eigenvalue weighted by Gasteiger charge is -2.14. The number of para-hydroxylation sites is 1. The van der Waals surface area contributed by atoms with E-state index in [1.807, 2.05) is 79.0 Å². The lowest BCUT2D eigenvalue weighted by molar-refractivity contribution is -0.113. The number of benzene rings is 3. The van der Waals surface area contributed by atoms with E-state index in [2.05, 4.69) is 20.5 Å². The number of hydrogen-bond donors (Lipinski definition) is 0. The van der Waals surface area contributed by atoms with E-state index in [0.717, 1.165) is 32.2 Å². The van der Waals surface area contributed by atoms with Crippen molar-refractivity contribution in [1.82, 2.24) is 4.57 Å². The second kappa shape index (κ2) is 9.28. The minimum absolute atomic E-state index is 0.127. The molecule has 1 aliphatic heterocycles. The van der Waals surface area contributed by atoms with Gasteiger partial charge in [-0.25, -0.2) is 0 Å². The zero-order chi connectivity index (χ0) is 23.1. The Morgan fingerprint density at radius 2 is 1.67 bits per heavy atom. The normalized spacial score (nSPS) is 15.2. The van der Waals surface area contributed by atoms with Gasteiger partial charge in [0.05, 0.1) is 17.1 Å². The van der Waals surface area contributed by atoms with Gasteiger partial charge in [0, 0.05) is 42.7 Å². The Bertz CT molecular complexity index is 1430. The zero-order valence-corrected chi connectivity index (χ0v) is 21.7. The van der Waals surface area contributed by atoms with Crippen LogP contribution in [0.4, 0.5) is 5.69 Å². The molecule has 164 valence electrons. The quantitative estimate of drug-likeness (QED) is 0.182. The molecule has 1 aromatic heterocycles. The summed E-state index contributed by atoms with van der Waals surface area (Å²) in [5.41, 5.74) is 3.57. The number of nitrogens with zero attached hydrogens (tertiary/aromatic N) is 2. The molecule has 8 heteroatoms. The average molecular weight is 574 g/mol. The van der Waals surface area contributed by atoms with Crippen LogP contribution in [0.5, 0.6) is 0 Å². The van der Waals surface area contributed by atoms with Crippen LogP contribution in [-0.2, 0) is 11.3 Å². The molecule has 1 amide bonds. The molecule has 0 unspecified atom stereocenters. The number of anilines is 1. The lowest BCUT2D eigenvalue weighted by Crippen LogP contribution is -2.27. The first-order valence-corrected chi connectivity index (χ1v) is 12.7. The molecule has 5 rings (SSSR count). The summed E-state index contributed by atoms with van der Waals surface area (Å²) in [6, 6.07) is 21.1. The van der Waals surface area contributed by atoms with E-state index in [1.165, 1.54) is 11.8 Å². The minimum atomic E-state index is -0.127. The number of fused-ring (bicyclic) bond motifs is 1. The third-order valence-corrected chi connectivity index (χ3v) is 7.91. The van der Waals surface area contributed by atoms with Crippen molar-refractivity contribution in [3.8, 4) is 0 Å². The average Bonchev–Trinajstić information content (AvgIpc) is 3.28. The maximum atomic E-state index is 13.2. The predicted molar refractivity (Wildman–Crippen MR) is 147 cm³/mol. The summed E-state index contributed by atoms with van der Waals surface area (Å²) >= 11 is 23.1. The van der Waals surface area contributed by atoms with Gasteiger partial charge in [0.15, 0.2) is 4.32 Å². The van der Waals surface area contributed by atoms with E-state index in [9.17, 15) is 4.79 Å². The first-order chi connectivity index (χ1) is 15.9. The van der Waals surface area contributed by atoms with E-state index < -0.39 is 0 Å². The van der Waals surface area contributed by atoms with E-state index >= 15 is 0 Å². The molecule has 0 spiro atoms. The van der Waals surface area contributed by atoms with Gasteiger partial charge in [-0.05, 0) is 48.5 Å². The predicted octanol–water partition coefficient (Wildman–Crippen LogP) is 8.16. The van der Waals surface area contributed by atoms with Gasteiger partial charge >= 0.3 is 0 Å². The third kappa shape index (κ3) is 4.38. The Kier molecular flexibility index (Phi) is 6.38. The summed E-state index contributed by atoms with van der Waals surface area (Å²) in [5, 5.41) is 2.28. The number of aromatic nitrogens is 1. The smallest absolute Gasteiger partial charge is 0.270 e. The van der Waals surface area contributed by atoms with Crippen molar-refractivity contribution in [2.75, 3.05) is 4.90 Å². The molecule has 1 aliphatic rings. The topological polar surface area (TPSA) is 25.2 Å². The molecule has 0 aliphatic carbocycles. The van der Waals surface area contributed by atoms with E-state index in [0.29, 0.717) is 25.8 Å². The van der Waals surface area contributed by atoms with Crippen LogP contribution in [0, 0.1) is 0 Å². The molecule has 1 fully saturated rings. The van der Waals surface area contributed by atoms with Crippen molar-refractivity contribution in [2.45, 2.75) is 6.54 Å². The number of hydrogen-bond acceptors (Lipinski definition) is 3. The minimum Gasteiger partial charge on any atom is -0.342 e. The Morgan fingerprint density at radius 3 is 2.39 bits per heavy atom. The van der Waals surface area contributed by atoms with Crippen LogP contribution >= 0.6 is 63.1 Å². The van der Waals surface area contributed by atoms with Crippen LogP contribution in [0.2, 0.25) is 10.0 Å². The van der Waals surface area contributed by atoms with Crippen LogP contribution in [-0.4, -0.2) is 14.8 Å². The zero-order valence-electron chi connectivity index (χ0n) is 17.0.